The lowest BCUT2D eigenvalue weighted by molar-refractivity contribution is -0.137. The number of benzene rings is 1. The van der Waals surface area contributed by atoms with Crippen LogP contribution in [0.3, 0.4) is 0 Å². The molecule has 0 spiro atoms. The third-order valence-corrected chi connectivity index (χ3v) is 3.46. The number of nitrogens with one attached hydrogen (secondary N) is 1. The second kappa shape index (κ2) is 6.90. The summed E-state index contributed by atoms with van der Waals surface area (Å²) in [5.74, 6) is -0.587. The Morgan fingerprint density at radius 1 is 1.25 bits per heavy atom. The standard InChI is InChI=1S/C17H16F3NO3/c1-3-24-16(23)14-9-12(15(22)21-10(14)2)7-11-5-4-6-13(8-11)17(18,19)20/h4-6,8-9H,3,7H2,1-2H3,(H,21,22). The van der Waals surface area contributed by atoms with Crippen molar-refractivity contribution in [3.63, 3.8) is 0 Å². The highest BCUT2D eigenvalue weighted by Crippen LogP contribution is 2.29. The van der Waals surface area contributed by atoms with Crippen LogP contribution in [0.5, 0.6) is 0 Å². The molecule has 0 saturated carbocycles. The number of alkyl halides is 3. The number of H-pyrrole nitrogens is 1. The number of rotatable bonds is 4. The number of aromatic nitrogens is 1. The number of aromatic amines is 1. The van der Waals surface area contributed by atoms with Gasteiger partial charge in [-0.15, -0.1) is 0 Å². The fourth-order valence-corrected chi connectivity index (χ4v) is 2.30. The van der Waals surface area contributed by atoms with Crippen LogP contribution in [0, 0.1) is 6.92 Å². The minimum absolute atomic E-state index is 0.0219. The molecule has 0 aliphatic rings. The number of hydrogen-bond acceptors (Lipinski definition) is 3. The number of hydrogen-bond donors (Lipinski definition) is 1. The van der Waals surface area contributed by atoms with E-state index in [9.17, 15) is 22.8 Å². The average Bonchev–Trinajstić information content (AvgIpc) is 2.49. The van der Waals surface area contributed by atoms with Crippen LogP contribution < -0.4 is 5.56 Å². The molecule has 0 bridgehead atoms. The molecule has 4 nitrogen and oxygen atoms in total. The van der Waals surface area contributed by atoms with Gasteiger partial charge in [-0.05, 0) is 31.5 Å². The minimum atomic E-state index is -4.45. The van der Waals surface area contributed by atoms with Crippen molar-refractivity contribution < 1.29 is 22.7 Å². The molecular formula is C17H16F3NO3. The van der Waals surface area contributed by atoms with Crippen molar-refractivity contribution in [2.24, 2.45) is 0 Å². The zero-order chi connectivity index (χ0) is 17.9. The van der Waals surface area contributed by atoms with E-state index in [0.717, 1.165) is 12.1 Å². The van der Waals surface area contributed by atoms with Gasteiger partial charge >= 0.3 is 12.1 Å². The Hall–Kier alpha value is -2.57. The maximum absolute atomic E-state index is 12.8. The second-order valence-electron chi connectivity index (χ2n) is 5.26. The third kappa shape index (κ3) is 4.04. The van der Waals surface area contributed by atoms with E-state index in [4.69, 9.17) is 4.74 Å². The van der Waals surface area contributed by atoms with Gasteiger partial charge in [0.05, 0.1) is 17.7 Å². The summed E-state index contributed by atoms with van der Waals surface area (Å²) >= 11 is 0. The van der Waals surface area contributed by atoms with Gasteiger partial charge in [0, 0.05) is 17.7 Å². The molecule has 1 N–H and O–H groups in total. The summed E-state index contributed by atoms with van der Waals surface area (Å²) in [5, 5.41) is 0. The summed E-state index contributed by atoms with van der Waals surface area (Å²) in [4.78, 5) is 26.4. The Balaban J connectivity index is 2.38. The van der Waals surface area contributed by atoms with Crippen LogP contribution in [0.1, 0.15) is 39.7 Å². The van der Waals surface area contributed by atoms with Crippen LogP contribution >= 0.6 is 0 Å². The van der Waals surface area contributed by atoms with E-state index >= 15 is 0 Å². The van der Waals surface area contributed by atoms with E-state index in [2.05, 4.69) is 4.98 Å². The Kier molecular flexibility index (Phi) is 5.11. The maximum atomic E-state index is 12.8. The topological polar surface area (TPSA) is 59.2 Å². The summed E-state index contributed by atoms with van der Waals surface area (Å²) in [6.07, 6.45) is -4.47. The molecule has 1 aromatic carbocycles. The summed E-state index contributed by atoms with van der Waals surface area (Å²) < 4.78 is 43.2. The molecule has 0 aliphatic heterocycles. The van der Waals surface area contributed by atoms with Crippen molar-refractivity contribution in [3.8, 4) is 0 Å². The predicted octanol–water partition coefficient (Wildman–Crippen LogP) is 3.47. The van der Waals surface area contributed by atoms with Gasteiger partial charge < -0.3 is 9.72 Å². The van der Waals surface area contributed by atoms with Gasteiger partial charge in [0.25, 0.3) is 5.56 Å². The third-order valence-electron chi connectivity index (χ3n) is 3.46. The molecular weight excluding hydrogens is 323 g/mol. The van der Waals surface area contributed by atoms with E-state index in [1.807, 2.05) is 0 Å². The predicted molar refractivity (Wildman–Crippen MR) is 82.0 cm³/mol. The van der Waals surface area contributed by atoms with E-state index in [-0.39, 0.29) is 24.2 Å². The molecule has 2 aromatic rings. The highest BCUT2D eigenvalue weighted by Gasteiger charge is 2.30. The summed E-state index contributed by atoms with van der Waals surface area (Å²) in [5.41, 5.74) is -0.159. The van der Waals surface area contributed by atoms with Crippen molar-refractivity contribution in [1.29, 1.82) is 0 Å². The molecule has 0 aliphatic carbocycles. The molecule has 0 fully saturated rings. The van der Waals surface area contributed by atoms with Gasteiger partial charge in [0.15, 0.2) is 0 Å². The molecule has 2 rings (SSSR count). The smallest absolute Gasteiger partial charge is 0.416 e. The number of halogens is 3. The first kappa shape index (κ1) is 17.8. The van der Waals surface area contributed by atoms with Gasteiger partial charge in [-0.25, -0.2) is 4.79 Å². The molecule has 128 valence electrons. The lowest BCUT2D eigenvalue weighted by Crippen LogP contribution is -2.19. The van der Waals surface area contributed by atoms with Gasteiger partial charge in [-0.3, -0.25) is 4.79 Å². The van der Waals surface area contributed by atoms with Gasteiger partial charge in [0.2, 0.25) is 0 Å². The molecule has 7 heteroatoms. The number of aryl methyl sites for hydroxylation is 1. The zero-order valence-electron chi connectivity index (χ0n) is 13.2. The molecule has 1 heterocycles. The van der Waals surface area contributed by atoms with Crippen molar-refractivity contribution >= 4 is 5.97 Å². The molecule has 1 aromatic heterocycles. The van der Waals surface area contributed by atoms with Gasteiger partial charge in [-0.1, -0.05) is 18.2 Å². The van der Waals surface area contributed by atoms with Crippen LogP contribution in [0.2, 0.25) is 0 Å². The first-order valence-corrected chi connectivity index (χ1v) is 7.28. The summed E-state index contributed by atoms with van der Waals surface area (Å²) in [7, 11) is 0. The lowest BCUT2D eigenvalue weighted by Gasteiger charge is -2.10. The van der Waals surface area contributed by atoms with Crippen LogP contribution in [0.25, 0.3) is 0 Å². The molecule has 0 unspecified atom stereocenters. The molecule has 24 heavy (non-hydrogen) atoms. The quantitative estimate of drug-likeness (QED) is 0.868. The highest BCUT2D eigenvalue weighted by molar-refractivity contribution is 5.90. The van der Waals surface area contributed by atoms with E-state index < -0.39 is 23.3 Å². The first-order chi connectivity index (χ1) is 11.2. The van der Waals surface area contributed by atoms with Crippen molar-refractivity contribution in [3.05, 3.63) is 68.6 Å². The van der Waals surface area contributed by atoms with Crippen LogP contribution in [-0.2, 0) is 17.3 Å². The minimum Gasteiger partial charge on any atom is -0.462 e. The van der Waals surface area contributed by atoms with Crippen LogP contribution in [0.15, 0.2) is 35.1 Å². The van der Waals surface area contributed by atoms with Crippen LogP contribution in [-0.4, -0.2) is 17.6 Å². The Bertz CT molecular complexity index is 809. The number of pyridine rings is 1. The molecule has 0 amide bonds. The summed E-state index contributed by atoms with van der Waals surface area (Å²) in [6.45, 7) is 3.39. The van der Waals surface area contributed by atoms with Crippen molar-refractivity contribution in [2.75, 3.05) is 6.61 Å². The fraction of sp³-hybridized carbons (Fsp3) is 0.294. The molecule has 0 radical (unpaired) electrons. The van der Waals surface area contributed by atoms with E-state index in [1.165, 1.54) is 18.2 Å². The summed E-state index contributed by atoms with van der Waals surface area (Å²) in [6, 6.07) is 6.11. The molecule has 0 saturated heterocycles. The second-order valence-corrected chi connectivity index (χ2v) is 5.26. The monoisotopic (exact) mass is 339 g/mol. The average molecular weight is 339 g/mol. The van der Waals surface area contributed by atoms with Crippen molar-refractivity contribution in [1.82, 2.24) is 4.98 Å². The van der Waals surface area contributed by atoms with Crippen molar-refractivity contribution in [2.45, 2.75) is 26.4 Å². The van der Waals surface area contributed by atoms with Gasteiger partial charge in [-0.2, -0.15) is 13.2 Å². The fourth-order valence-electron chi connectivity index (χ4n) is 2.30. The normalized spacial score (nSPS) is 11.4. The van der Waals surface area contributed by atoms with Crippen LogP contribution in [0.4, 0.5) is 13.2 Å². The Morgan fingerprint density at radius 3 is 2.58 bits per heavy atom. The number of esters is 1. The Labute approximate surface area is 136 Å². The number of ether oxygens (including phenoxy) is 1. The first-order valence-electron chi connectivity index (χ1n) is 7.28. The van der Waals surface area contributed by atoms with E-state index in [0.29, 0.717) is 11.3 Å². The number of carbonyl (C=O) groups excluding carboxylic acids is 1. The Morgan fingerprint density at radius 2 is 1.96 bits per heavy atom. The van der Waals surface area contributed by atoms with E-state index in [1.54, 1.807) is 13.8 Å². The molecule has 0 atom stereocenters. The number of carbonyl (C=O) groups is 1. The SMILES string of the molecule is CCOC(=O)c1cc(Cc2cccc(C(F)(F)F)c2)c(=O)[nH]c1C. The zero-order valence-corrected chi connectivity index (χ0v) is 13.2. The maximum Gasteiger partial charge on any atom is 0.416 e. The largest absolute Gasteiger partial charge is 0.462 e. The van der Waals surface area contributed by atoms with Gasteiger partial charge in [0.1, 0.15) is 0 Å². The highest BCUT2D eigenvalue weighted by atomic mass is 19.4. The lowest BCUT2D eigenvalue weighted by atomic mass is 10.0.